The molecule has 1 heterocycles. The highest BCUT2D eigenvalue weighted by molar-refractivity contribution is 5.70. The number of ether oxygens (including phenoxy) is 4. The molecule has 0 aromatic rings. The van der Waals surface area contributed by atoms with Crippen molar-refractivity contribution in [2.45, 2.75) is 282 Å². The lowest BCUT2D eigenvalue weighted by molar-refractivity contribution is -0.305. The third-order valence-corrected chi connectivity index (χ3v) is 12.5. The van der Waals surface area contributed by atoms with Crippen molar-refractivity contribution in [3.8, 4) is 0 Å². The van der Waals surface area contributed by atoms with Crippen LogP contribution in [0.25, 0.3) is 0 Å². The van der Waals surface area contributed by atoms with E-state index in [0.717, 1.165) is 32.1 Å². The summed E-state index contributed by atoms with van der Waals surface area (Å²) in [6.45, 7) is 3.39. The van der Waals surface area contributed by atoms with Crippen LogP contribution in [0.15, 0.2) is 36.5 Å². The molecule has 2 unspecified atom stereocenters. The molecule has 0 saturated carbocycles. The zero-order valence-corrected chi connectivity index (χ0v) is 41.7. The lowest BCUT2D eigenvalue weighted by Gasteiger charge is -2.39. The summed E-state index contributed by atoms with van der Waals surface area (Å²) < 4.78 is 22.2. The van der Waals surface area contributed by atoms with Gasteiger partial charge in [0.25, 0.3) is 0 Å². The first-order valence-corrected chi connectivity index (χ1v) is 27.1. The number of carbonyl (C=O) groups excluding carboxylic acids is 2. The molecule has 10 nitrogen and oxygen atoms in total. The van der Waals surface area contributed by atoms with Gasteiger partial charge >= 0.3 is 11.9 Å². The van der Waals surface area contributed by atoms with Crippen LogP contribution in [0.5, 0.6) is 0 Å². The smallest absolute Gasteiger partial charge is 0.306 e. The summed E-state index contributed by atoms with van der Waals surface area (Å²) in [6.07, 6.45) is 47.5. The van der Waals surface area contributed by atoms with Gasteiger partial charge in [0.1, 0.15) is 31.0 Å². The number of aliphatic hydroxyl groups is 4. The minimum atomic E-state index is -1.61. The second kappa shape index (κ2) is 45.7. The summed E-state index contributed by atoms with van der Waals surface area (Å²) in [5.74, 6) is -0.888. The molecule has 4 N–H and O–H groups in total. The van der Waals surface area contributed by atoms with Crippen molar-refractivity contribution >= 4 is 11.9 Å². The summed E-state index contributed by atoms with van der Waals surface area (Å²) in [4.78, 5) is 25.4. The molecule has 1 aliphatic heterocycles. The number of allylic oxidation sites excluding steroid dienone is 6. The molecule has 1 saturated heterocycles. The van der Waals surface area contributed by atoms with Crippen molar-refractivity contribution in [1.29, 1.82) is 0 Å². The van der Waals surface area contributed by atoms with Crippen LogP contribution < -0.4 is 0 Å². The average molecular weight is 921 g/mol. The van der Waals surface area contributed by atoms with Crippen LogP contribution in [-0.4, -0.2) is 89.0 Å². The van der Waals surface area contributed by atoms with E-state index < -0.39 is 55.4 Å². The Kier molecular flexibility index (Phi) is 42.8. The molecular weight excluding hydrogens is 821 g/mol. The predicted octanol–water partition coefficient (Wildman–Crippen LogP) is 13.0. The van der Waals surface area contributed by atoms with Gasteiger partial charge in [-0.2, -0.15) is 0 Å². The summed E-state index contributed by atoms with van der Waals surface area (Å²) >= 11 is 0. The van der Waals surface area contributed by atoms with E-state index >= 15 is 0 Å². The van der Waals surface area contributed by atoms with E-state index in [4.69, 9.17) is 18.9 Å². The molecule has 380 valence electrons. The molecule has 0 amide bonds. The molecule has 0 radical (unpaired) electrons. The standard InChI is InChI=1S/C55H100O10/c1-3-5-7-9-11-13-15-17-19-21-22-23-24-25-26-28-30-32-34-36-38-40-42-44-51(58)64-48(47-63-55-54(61)53(60)52(59)49(45-56)65-55)46-62-50(57)43-41-39-37-35-33-31-29-27-20-18-16-14-12-10-8-6-4-2/h29,31,35-38,48-49,52-56,59-61H,3-28,30,32-34,39-47H2,1-2H3/b31-29+,37-35+,38-36+/t48-,49-,52+,53?,54?,55-/m1/s1. The molecule has 0 aromatic heterocycles. The normalized spacial score (nSPS) is 19.5. The van der Waals surface area contributed by atoms with Crippen molar-refractivity contribution in [3.63, 3.8) is 0 Å². The maximum Gasteiger partial charge on any atom is 0.306 e. The first kappa shape index (κ1) is 60.9. The highest BCUT2D eigenvalue weighted by Gasteiger charge is 2.44. The van der Waals surface area contributed by atoms with Crippen LogP contribution >= 0.6 is 0 Å². The van der Waals surface area contributed by atoms with Crippen LogP contribution in [0.3, 0.4) is 0 Å². The van der Waals surface area contributed by atoms with Crippen LogP contribution in [0, 0.1) is 0 Å². The second-order valence-corrected chi connectivity index (χ2v) is 18.7. The van der Waals surface area contributed by atoms with E-state index in [1.54, 1.807) is 0 Å². The molecular formula is C55H100O10. The first-order valence-electron chi connectivity index (χ1n) is 27.1. The SMILES string of the molecule is CCCCCCCCCCC/C=C/C/C=C/CCCC(=O)OC[C@H](CO[C@@H]1O[C@H](CO)[C@H](O)C(O)C1O)OC(=O)CCC/C=C/CCCCCCCCCCCCCCCCCCCC. The van der Waals surface area contributed by atoms with Crippen molar-refractivity contribution in [2.24, 2.45) is 0 Å². The minimum absolute atomic E-state index is 0.175. The molecule has 0 spiro atoms. The van der Waals surface area contributed by atoms with Crippen LogP contribution in [-0.2, 0) is 28.5 Å². The predicted molar refractivity (Wildman–Crippen MR) is 266 cm³/mol. The van der Waals surface area contributed by atoms with Crippen LogP contribution in [0.1, 0.15) is 245 Å². The van der Waals surface area contributed by atoms with Crippen LogP contribution in [0.2, 0.25) is 0 Å². The largest absolute Gasteiger partial charge is 0.462 e. The fourth-order valence-electron chi connectivity index (χ4n) is 8.23. The Labute approximate surface area is 397 Å². The number of unbranched alkanes of at least 4 members (excludes halogenated alkanes) is 29. The Morgan fingerprint density at radius 3 is 1.29 bits per heavy atom. The molecule has 1 fully saturated rings. The lowest BCUT2D eigenvalue weighted by atomic mass is 9.99. The molecule has 6 atom stereocenters. The summed E-state index contributed by atoms with van der Waals surface area (Å²) in [7, 11) is 0. The molecule has 0 bridgehead atoms. The fraction of sp³-hybridized carbons (Fsp3) is 0.855. The van der Waals surface area contributed by atoms with E-state index in [9.17, 15) is 30.0 Å². The van der Waals surface area contributed by atoms with Crippen LogP contribution in [0.4, 0.5) is 0 Å². The van der Waals surface area contributed by atoms with Crippen molar-refractivity contribution in [1.82, 2.24) is 0 Å². The van der Waals surface area contributed by atoms with Crippen molar-refractivity contribution < 1.29 is 49.0 Å². The van der Waals surface area contributed by atoms with E-state index in [2.05, 4.69) is 50.3 Å². The first-order chi connectivity index (χ1) is 31.8. The maximum atomic E-state index is 12.8. The van der Waals surface area contributed by atoms with Gasteiger partial charge in [-0.1, -0.05) is 211 Å². The Balaban J connectivity index is 2.27. The van der Waals surface area contributed by atoms with E-state index in [1.165, 1.54) is 173 Å². The number of aliphatic hydroxyl groups excluding tert-OH is 4. The van der Waals surface area contributed by atoms with Gasteiger partial charge in [-0.15, -0.1) is 0 Å². The molecule has 10 heteroatoms. The van der Waals surface area contributed by atoms with Gasteiger partial charge in [0.2, 0.25) is 0 Å². The maximum absolute atomic E-state index is 12.8. The van der Waals surface area contributed by atoms with Gasteiger partial charge in [0, 0.05) is 12.8 Å². The van der Waals surface area contributed by atoms with Gasteiger partial charge < -0.3 is 39.4 Å². The zero-order chi connectivity index (χ0) is 47.3. The average Bonchev–Trinajstić information content (AvgIpc) is 3.30. The Morgan fingerprint density at radius 1 is 0.477 bits per heavy atom. The van der Waals surface area contributed by atoms with Gasteiger partial charge in [0.05, 0.1) is 13.2 Å². The minimum Gasteiger partial charge on any atom is -0.462 e. The number of rotatable bonds is 46. The quantitative estimate of drug-likeness (QED) is 0.0264. The number of hydrogen-bond donors (Lipinski definition) is 4. The Hall–Kier alpha value is -2.08. The number of carbonyl (C=O) groups is 2. The Morgan fingerprint density at radius 2 is 0.862 bits per heavy atom. The van der Waals surface area contributed by atoms with Gasteiger partial charge in [0.15, 0.2) is 12.4 Å². The topological polar surface area (TPSA) is 152 Å². The number of hydrogen-bond acceptors (Lipinski definition) is 10. The van der Waals surface area contributed by atoms with Crippen molar-refractivity contribution in [3.05, 3.63) is 36.5 Å². The van der Waals surface area contributed by atoms with Gasteiger partial charge in [-0.25, -0.2) is 0 Å². The van der Waals surface area contributed by atoms with E-state index in [-0.39, 0.29) is 26.1 Å². The zero-order valence-electron chi connectivity index (χ0n) is 41.7. The summed E-state index contributed by atoms with van der Waals surface area (Å²) in [5.41, 5.74) is 0. The van der Waals surface area contributed by atoms with E-state index in [0.29, 0.717) is 12.8 Å². The Bertz CT molecular complexity index is 1160. The highest BCUT2D eigenvalue weighted by atomic mass is 16.7. The molecule has 0 aliphatic carbocycles. The molecule has 0 aromatic carbocycles. The summed E-state index contributed by atoms with van der Waals surface area (Å²) in [6, 6.07) is 0. The number of esters is 2. The van der Waals surface area contributed by atoms with Gasteiger partial charge in [-0.05, 0) is 57.8 Å². The second-order valence-electron chi connectivity index (χ2n) is 18.7. The highest BCUT2D eigenvalue weighted by Crippen LogP contribution is 2.23. The monoisotopic (exact) mass is 921 g/mol. The van der Waals surface area contributed by atoms with Gasteiger partial charge in [-0.3, -0.25) is 9.59 Å². The molecule has 1 rings (SSSR count). The van der Waals surface area contributed by atoms with Crippen molar-refractivity contribution in [2.75, 3.05) is 19.8 Å². The third kappa shape index (κ3) is 36.6. The third-order valence-electron chi connectivity index (χ3n) is 12.5. The summed E-state index contributed by atoms with van der Waals surface area (Å²) in [5, 5.41) is 40.2. The molecule has 1 aliphatic rings. The molecule has 65 heavy (non-hydrogen) atoms. The van der Waals surface area contributed by atoms with E-state index in [1.807, 2.05) is 0 Å². The fourth-order valence-corrected chi connectivity index (χ4v) is 8.23. The lowest BCUT2D eigenvalue weighted by Crippen LogP contribution is -2.59.